The Balaban J connectivity index is 2.53. The molecule has 0 amide bonds. The van der Waals surface area contributed by atoms with Gasteiger partial charge < -0.3 is 4.42 Å². The Morgan fingerprint density at radius 1 is 1.55 bits per heavy atom. The van der Waals surface area contributed by atoms with E-state index in [1.54, 1.807) is 17.6 Å². The highest BCUT2D eigenvalue weighted by atomic mass is 32.1. The third-order valence-electron chi connectivity index (χ3n) is 1.58. The van der Waals surface area contributed by atoms with Crippen molar-refractivity contribution in [1.29, 1.82) is 0 Å². The Hall–Kier alpha value is -1.02. The average Bonchev–Trinajstić information content (AvgIpc) is 2.55. The molecule has 0 N–H and O–H groups in total. The van der Waals surface area contributed by atoms with Gasteiger partial charge >= 0.3 is 0 Å². The van der Waals surface area contributed by atoms with Crippen LogP contribution in [0.2, 0.25) is 0 Å². The monoisotopic (exact) mass is 163 g/mol. The Morgan fingerprint density at radius 2 is 2.45 bits per heavy atom. The number of thiophene rings is 1. The van der Waals surface area contributed by atoms with Gasteiger partial charge in [-0.05, 0) is 24.6 Å². The van der Waals surface area contributed by atoms with Crippen LogP contribution in [-0.4, -0.2) is 0 Å². The molecule has 0 bridgehead atoms. The van der Waals surface area contributed by atoms with Gasteiger partial charge in [0.25, 0.3) is 0 Å². The minimum Gasteiger partial charge on any atom is -0.464 e. The molecular formula is C9H7OS. The molecule has 0 unspecified atom stereocenters. The molecule has 11 heavy (non-hydrogen) atoms. The topological polar surface area (TPSA) is 13.1 Å². The number of aryl methyl sites for hydroxylation is 1. The minimum absolute atomic E-state index is 0.931. The van der Waals surface area contributed by atoms with Gasteiger partial charge in [0.1, 0.15) is 5.76 Å². The van der Waals surface area contributed by atoms with Gasteiger partial charge in [0.2, 0.25) is 0 Å². The standard InChI is InChI=1S/C9H7OS/c1-7-5-11-6-8(7)9-3-2-4-10-9/h2-4,6H,1H3. The van der Waals surface area contributed by atoms with Gasteiger partial charge in [0.05, 0.1) is 6.26 Å². The fourth-order valence-corrected chi connectivity index (χ4v) is 1.75. The highest BCUT2D eigenvalue weighted by Crippen LogP contribution is 2.25. The van der Waals surface area contributed by atoms with Crippen LogP contribution in [0.1, 0.15) is 5.56 Å². The molecule has 2 heteroatoms. The molecule has 0 aliphatic rings. The van der Waals surface area contributed by atoms with E-state index in [1.807, 2.05) is 24.4 Å². The zero-order valence-electron chi connectivity index (χ0n) is 6.13. The molecule has 0 saturated carbocycles. The fraction of sp³-hybridized carbons (Fsp3) is 0.111. The third kappa shape index (κ3) is 1.10. The van der Waals surface area contributed by atoms with Crippen LogP contribution in [-0.2, 0) is 0 Å². The lowest BCUT2D eigenvalue weighted by molar-refractivity contribution is 0.582. The van der Waals surface area contributed by atoms with Crippen LogP contribution in [0.25, 0.3) is 11.3 Å². The van der Waals surface area contributed by atoms with E-state index in [-0.39, 0.29) is 0 Å². The van der Waals surface area contributed by atoms with Crippen molar-refractivity contribution in [2.24, 2.45) is 0 Å². The molecule has 0 fully saturated rings. The number of furan rings is 1. The highest BCUT2D eigenvalue weighted by Gasteiger charge is 2.03. The molecule has 0 atom stereocenters. The van der Waals surface area contributed by atoms with E-state index >= 15 is 0 Å². The summed E-state index contributed by atoms with van der Waals surface area (Å²) in [6.45, 7) is 2.04. The van der Waals surface area contributed by atoms with E-state index < -0.39 is 0 Å². The second-order valence-corrected chi connectivity index (χ2v) is 3.03. The van der Waals surface area contributed by atoms with Crippen molar-refractivity contribution in [1.82, 2.24) is 0 Å². The first-order valence-corrected chi connectivity index (χ1v) is 4.25. The molecule has 2 rings (SSSR count). The zero-order chi connectivity index (χ0) is 7.68. The van der Waals surface area contributed by atoms with Crippen LogP contribution in [0.15, 0.2) is 28.2 Å². The Morgan fingerprint density at radius 3 is 3.00 bits per heavy atom. The van der Waals surface area contributed by atoms with Gasteiger partial charge in [0.15, 0.2) is 0 Å². The van der Waals surface area contributed by atoms with Gasteiger partial charge in [-0.15, -0.1) is 11.3 Å². The summed E-state index contributed by atoms with van der Waals surface area (Å²) in [4.78, 5) is 0. The Kier molecular flexibility index (Phi) is 1.55. The Bertz CT molecular complexity index is 332. The van der Waals surface area contributed by atoms with Crippen LogP contribution in [0.3, 0.4) is 0 Å². The van der Waals surface area contributed by atoms with E-state index in [4.69, 9.17) is 4.42 Å². The summed E-state index contributed by atoms with van der Waals surface area (Å²) in [6.07, 6.45) is 1.69. The Labute approximate surface area is 69.3 Å². The normalized spacial score (nSPS) is 10.3. The molecule has 0 saturated heterocycles. The van der Waals surface area contributed by atoms with E-state index in [2.05, 4.69) is 5.38 Å². The maximum atomic E-state index is 5.25. The summed E-state index contributed by atoms with van der Waals surface area (Å²) in [5, 5.41) is 5.19. The lowest BCUT2D eigenvalue weighted by atomic mass is 10.2. The van der Waals surface area contributed by atoms with Crippen molar-refractivity contribution in [2.75, 3.05) is 0 Å². The predicted molar refractivity (Wildman–Crippen MR) is 45.6 cm³/mol. The van der Waals surface area contributed by atoms with E-state index in [1.165, 1.54) is 0 Å². The first-order chi connectivity index (χ1) is 5.38. The van der Waals surface area contributed by atoms with Gasteiger partial charge in [-0.25, -0.2) is 0 Å². The first-order valence-electron chi connectivity index (χ1n) is 3.37. The highest BCUT2D eigenvalue weighted by molar-refractivity contribution is 7.07. The summed E-state index contributed by atoms with van der Waals surface area (Å²) < 4.78 is 5.25. The molecule has 0 aliphatic heterocycles. The van der Waals surface area contributed by atoms with E-state index in [0.717, 1.165) is 16.9 Å². The molecule has 2 heterocycles. The summed E-state index contributed by atoms with van der Waals surface area (Å²) in [6, 6.07) is 3.86. The van der Waals surface area contributed by atoms with Crippen molar-refractivity contribution in [3.05, 3.63) is 34.7 Å². The van der Waals surface area contributed by atoms with Crippen LogP contribution >= 0.6 is 11.3 Å². The average molecular weight is 163 g/mol. The maximum Gasteiger partial charge on any atom is 0.134 e. The molecule has 0 spiro atoms. The van der Waals surface area contributed by atoms with Gasteiger partial charge in [0, 0.05) is 16.3 Å². The summed E-state index contributed by atoms with van der Waals surface area (Å²) in [5.41, 5.74) is 2.31. The van der Waals surface area contributed by atoms with Crippen LogP contribution in [0.5, 0.6) is 0 Å². The molecule has 0 aromatic carbocycles. The number of hydrogen-bond acceptors (Lipinski definition) is 2. The second kappa shape index (κ2) is 2.55. The van der Waals surface area contributed by atoms with Crippen molar-refractivity contribution in [3.8, 4) is 11.3 Å². The van der Waals surface area contributed by atoms with E-state index in [0.29, 0.717) is 0 Å². The molecule has 55 valence electrons. The summed E-state index contributed by atoms with van der Waals surface area (Å²) in [5.74, 6) is 0.931. The van der Waals surface area contributed by atoms with Crippen molar-refractivity contribution in [3.63, 3.8) is 0 Å². The third-order valence-corrected chi connectivity index (χ3v) is 2.36. The van der Waals surface area contributed by atoms with E-state index in [9.17, 15) is 0 Å². The maximum absolute atomic E-state index is 5.25. The lowest BCUT2D eigenvalue weighted by Gasteiger charge is -1.91. The number of rotatable bonds is 1. The SMILES string of the molecule is Cc1[c]scc1-c1ccco1. The van der Waals surface area contributed by atoms with Gasteiger partial charge in [-0.2, -0.15) is 0 Å². The van der Waals surface area contributed by atoms with Crippen molar-refractivity contribution in [2.45, 2.75) is 6.92 Å². The minimum atomic E-state index is 0.931. The van der Waals surface area contributed by atoms with Crippen LogP contribution in [0, 0.1) is 12.3 Å². The second-order valence-electron chi connectivity index (χ2n) is 2.35. The van der Waals surface area contributed by atoms with Crippen LogP contribution < -0.4 is 0 Å². The molecule has 1 radical (unpaired) electrons. The first kappa shape index (κ1) is 6.68. The molecule has 1 nitrogen and oxygen atoms in total. The fourth-order valence-electron chi connectivity index (χ4n) is 0.995. The largest absolute Gasteiger partial charge is 0.464 e. The molecular weight excluding hydrogens is 156 g/mol. The molecule has 0 aliphatic carbocycles. The molecule has 2 aromatic heterocycles. The zero-order valence-corrected chi connectivity index (χ0v) is 6.94. The van der Waals surface area contributed by atoms with Crippen molar-refractivity contribution >= 4 is 11.3 Å². The predicted octanol–water partition coefficient (Wildman–Crippen LogP) is 3.12. The van der Waals surface area contributed by atoms with Crippen molar-refractivity contribution < 1.29 is 4.42 Å². The molecule has 2 aromatic rings. The summed E-state index contributed by atoms with van der Waals surface area (Å²) in [7, 11) is 0. The van der Waals surface area contributed by atoms with Gasteiger partial charge in [-0.3, -0.25) is 0 Å². The van der Waals surface area contributed by atoms with Crippen LogP contribution in [0.4, 0.5) is 0 Å². The quantitative estimate of drug-likeness (QED) is 0.629. The lowest BCUT2D eigenvalue weighted by Crippen LogP contribution is -1.70. The smallest absolute Gasteiger partial charge is 0.134 e. The van der Waals surface area contributed by atoms with Gasteiger partial charge in [-0.1, -0.05) is 0 Å². The number of hydrogen-bond donors (Lipinski definition) is 0. The summed E-state index contributed by atoms with van der Waals surface area (Å²) >= 11 is 1.58.